The molecule has 1 rings (SSSR count). The molecule has 1 fully saturated rings. The highest BCUT2D eigenvalue weighted by atomic mass is 31.2. The molecule has 5 N–H and O–H groups in total. The Labute approximate surface area is 288 Å². The number of esters is 2. The predicted molar refractivity (Wildman–Crippen MR) is 186 cm³/mol. The second-order valence-corrected chi connectivity index (χ2v) is 14.9. The Morgan fingerprint density at radius 1 is 0.833 bits per heavy atom. The topological polar surface area (TPSA) is 180 Å². The monoisotopic (exact) mass is 704 g/mol. The van der Waals surface area contributed by atoms with Crippen LogP contribution in [0.1, 0.15) is 136 Å². The van der Waals surface area contributed by atoms with Gasteiger partial charge in [0.1, 0.15) is 6.61 Å². The molecule has 0 heterocycles. The zero-order valence-electron chi connectivity index (χ0n) is 29.6. The Morgan fingerprint density at radius 2 is 1.46 bits per heavy atom. The fraction of sp³-hybridized carbons (Fsp3) is 0.833. The third-order valence-electron chi connectivity index (χ3n) is 8.75. The Bertz CT molecular complexity index is 964. The maximum Gasteiger partial charge on any atom is 0.469 e. The molecule has 0 radical (unpaired) electrons. The van der Waals surface area contributed by atoms with Crippen LogP contribution in [0.15, 0.2) is 24.3 Å². The van der Waals surface area contributed by atoms with Crippen molar-refractivity contribution in [2.45, 2.75) is 161 Å². The molecule has 0 aliphatic heterocycles. The van der Waals surface area contributed by atoms with Gasteiger partial charge in [-0.25, -0.2) is 4.57 Å². The van der Waals surface area contributed by atoms with Crippen LogP contribution in [0.3, 0.4) is 0 Å². The van der Waals surface area contributed by atoms with E-state index in [1.165, 1.54) is 38.5 Å². The number of hydrogen-bond acceptors (Lipinski definition) is 9. The number of phosphoric acid groups is 1. The Balaban J connectivity index is 2.42. The van der Waals surface area contributed by atoms with Crippen LogP contribution in [0, 0.1) is 17.8 Å². The number of unbranched alkanes of at least 4 members (excludes halogenated alkanes) is 10. The molecule has 1 saturated carbocycles. The molecular formula is C36H65O11P. The molecule has 6 atom stereocenters. The zero-order valence-corrected chi connectivity index (χ0v) is 30.5. The third kappa shape index (κ3) is 22.9. The van der Waals surface area contributed by atoms with E-state index in [0.717, 1.165) is 44.4 Å². The number of aliphatic hydroxyl groups excluding tert-OH is 3. The predicted octanol–water partition coefficient (Wildman–Crippen LogP) is 6.69. The summed E-state index contributed by atoms with van der Waals surface area (Å²) in [5.74, 6) is -1.02. The molecule has 280 valence electrons. The second kappa shape index (κ2) is 26.3. The van der Waals surface area contributed by atoms with Crippen LogP contribution in [0.5, 0.6) is 0 Å². The van der Waals surface area contributed by atoms with E-state index in [9.17, 15) is 29.5 Å². The summed E-state index contributed by atoms with van der Waals surface area (Å²) in [5.41, 5.74) is 0. The summed E-state index contributed by atoms with van der Waals surface area (Å²) in [7, 11) is -4.83. The van der Waals surface area contributed by atoms with Gasteiger partial charge in [-0.05, 0) is 31.1 Å². The highest BCUT2D eigenvalue weighted by Crippen LogP contribution is 2.37. The van der Waals surface area contributed by atoms with Crippen LogP contribution < -0.4 is 0 Å². The molecule has 0 spiro atoms. The first-order valence-corrected chi connectivity index (χ1v) is 19.8. The summed E-state index contributed by atoms with van der Waals surface area (Å²) < 4.78 is 26.2. The van der Waals surface area contributed by atoms with Gasteiger partial charge in [-0.3, -0.25) is 14.1 Å². The zero-order chi connectivity index (χ0) is 35.8. The minimum atomic E-state index is -4.83. The Kier molecular flexibility index (Phi) is 24.3. The highest BCUT2D eigenvalue weighted by molar-refractivity contribution is 7.46. The van der Waals surface area contributed by atoms with Gasteiger partial charge in [-0.15, -0.1) is 0 Å². The van der Waals surface area contributed by atoms with Crippen molar-refractivity contribution in [1.82, 2.24) is 0 Å². The number of rotatable bonds is 28. The van der Waals surface area contributed by atoms with Gasteiger partial charge < -0.3 is 34.6 Å². The van der Waals surface area contributed by atoms with E-state index in [4.69, 9.17) is 19.3 Å². The van der Waals surface area contributed by atoms with Crippen molar-refractivity contribution < 1.29 is 53.3 Å². The number of phosphoric ester groups is 1. The molecule has 0 aromatic rings. The van der Waals surface area contributed by atoms with Gasteiger partial charge in [-0.2, -0.15) is 0 Å². The lowest BCUT2D eigenvalue weighted by molar-refractivity contribution is -0.160. The highest BCUT2D eigenvalue weighted by Gasteiger charge is 2.39. The van der Waals surface area contributed by atoms with Crippen molar-refractivity contribution in [3.63, 3.8) is 0 Å². The molecule has 48 heavy (non-hydrogen) atoms. The van der Waals surface area contributed by atoms with Crippen molar-refractivity contribution in [2.75, 3.05) is 13.2 Å². The van der Waals surface area contributed by atoms with Crippen molar-refractivity contribution in [3.8, 4) is 0 Å². The number of carbonyl (C=O) groups is 2. The minimum Gasteiger partial charge on any atom is -0.461 e. The molecule has 0 amide bonds. The first-order chi connectivity index (χ1) is 22.8. The van der Waals surface area contributed by atoms with E-state index in [1.54, 1.807) is 24.3 Å². The first-order valence-electron chi connectivity index (χ1n) is 18.2. The standard InChI is InChI=1S/C36H65O11P/c1-4-5-13-19-29(37)23-24-32-31(33(38)25-34(32)39)20-16-17-21-35(40)45-26-30(27-46-48(42,43)44)47-36(41)22-15-12-10-8-6-7-9-11-14-18-28(2)3/h16-17,23-24,28-34,37-39H,4-15,18-22,25-27H2,1-3H3,(H2,42,43,44)/b17-16-,24-23+/t29-,30-,31+,32-,33+,34-/m1/s1. The second-order valence-electron chi connectivity index (χ2n) is 13.7. The van der Waals surface area contributed by atoms with Gasteiger partial charge in [0.25, 0.3) is 0 Å². The van der Waals surface area contributed by atoms with Crippen molar-refractivity contribution >= 4 is 19.8 Å². The molecule has 0 unspecified atom stereocenters. The quantitative estimate of drug-likeness (QED) is 0.0253. The molecular weight excluding hydrogens is 639 g/mol. The molecule has 12 heteroatoms. The van der Waals surface area contributed by atoms with Crippen LogP contribution in [0.25, 0.3) is 0 Å². The maximum atomic E-state index is 12.4. The molecule has 0 aromatic carbocycles. The van der Waals surface area contributed by atoms with E-state index in [0.29, 0.717) is 19.3 Å². The summed E-state index contributed by atoms with van der Waals surface area (Å²) in [6.45, 7) is 5.55. The fourth-order valence-corrected chi connectivity index (χ4v) is 6.30. The van der Waals surface area contributed by atoms with Gasteiger partial charge in [-0.1, -0.05) is 122 Å². The fourth-order valence-electron chi connectivity index (χ4n) is 5.94. The number of ether oxygens (including phenoxy) is 2. The molecule has 0 saturated heterocycles. The lowest BCUT2D eigenvalue weighted by Crippen LogP contribution is -2.29. The average Bonchev–Trinajstić information content (AvgIpc) is 3.28. The molecule has 1 aliphatic carbocycles. The van der Waals surface area contributed by atoms with E-state index >= 15 is 0 Å². The summed E-state index contributed by atoms with van der Waals surface area (Å²) in [4.78, 5) is 42.9. The summed E-state index contributed by atoms with van der Waals surface area (Å²) in [6, 6.07) is 0. The lowest BCUT2D eigenvalue weighted by Gasteiger charge is -2.19. The van der Waals surface area contributed by atoms with Crippen LogP contribution in [-0.4, -0.2) is 74.7 Å². The van der Waals surface area contributed by atoms with Gasteiger partial charge in [0.15, 0.2) is 6.10 Å². The van der Waals surface area contributed by atoms with Crippen LogP contribution in [0.4, 0.5) is 0 Å². The molecule has 0 bridgehead atoms. The minimum absolute atomic E-state index is 0.111. The Hall–Kier alpha value is -1.59. The van der Waals surface area contributed by atoms with E-state index in [-0.39, 0.29) is 31.1 Å². The smallest absolute Gasteiger partial charge is 0.461 e. The van der Waals surface area contributed by atoms with Crippen molar-refractivity contribution in [1.29, 1.82) is 0 Å². The lowest BCUT2D eigenvalue weighted by atomic mass is 9.89. The maximum absolute atomic E-state index is 12.4. The van der Waals surface area contributed by atoms with E-state index < -0.39 is 57.4 Å². The van der Waals surface area contributed by atoms with Gasteiger partial charge >= 0.3 is 19.8 Å². The molecule has 1 aliphatic rings. The summed E-state index contributed by atoms with van der Waals surface area (Å²) >= 11 is 0. The van der Waals surface area contributed by atoms with Gasteiger partial charge in [0.05, 0.1) is 31.3 Å². The van der Waals surface area contributed by atoms with Gasteiger partial charge in [0, 0.05) is 18.8 Å². The number of aliphatic hydroxyl groups is 3. The SMILES string of the molecule is CCCCC[C@@H](O)/C=C/[C@@H]1[C@H](C/C=C\CC(=O)OC[C@H](COP(=O)(O)O)OC(=O)CCCCCCCCCCCC(C)C)[C@@H](O)C[C@H]1O. The number of allylic oxidation sites excluding steroid dienone is 1. The van der Waals surface area contributed by atoms with Gasteiger partial charge in [0.2, 0.25) is 0 Å². The number of hydrogen-bond donors (Lipinski definition) is 5. The van der Waals surface area contributed by atoms with Crippen LogP contribution >= 0.6 is 7.82 Å². The van der Waals surface area contributed by atoms with Crippen molar-refractivity contribution in [2.24, 2.45) is 17.8 Å². The summed E-state index contributed by atoms with van der Waals surface area (Å²) in [5, 5.41) is 31.1. The van der Waals surface area contributed by atoms with Crippen molar-refractivity contribution in [3.05, 3.63) is 24.3 Å². The largest absolute Gasteiger partial charge is 0.469 e. The van der Waals surface area contributed by atoms with E-state index in [1.807, 2.05) is 0 Å². The third-order valence-corrected chi connectivity index (χ3v) is 9.24. The molecule has 11 nitrogen and oxygen atoms in total. The first kappa shape index (κ1) is 44.4. The van der Waals surface area contributed by atoms with Crippen LogP contribution in [-0.2, 0) is 28.2 Å². The van der Waals surface area contributed by atoms with E-state index in [2.05, 4.69) is 25.3 Å². The van der Waals surface area contributed by atoms with Crippen LogP contribution in [0.2, 0.25) is 0 Å². The number of carbonyl (C=O) groups excluding carboxylic acids is 2. The molecule has 0 aromatic heterocycles. The summed E-state index contributed by atoms with van der Waals surface area (Å²) in [6.07, 6.45) is 19.1. The Morgan fingerprint density at radius 3 is 2.08 bits per heavy atom. The average molecular weight is 705 g/mol. The normalized spacial score (nSPS) is 21.4.